The van der Waals surface area contributed by atoms with Crippen LogP contribution >= 0.6 is 11.8 Å². The molecule has 2 rings (SSSR count). The maximum Gasteiger partial charge on any atom is 0.238 e. The van der Waals surface area contributed by atoms with Gasteiger partial charge in [-0.15, -0.1) is 16.9 Å². The zero-order chi connectivity index (χ0) is 13.1. The summed E-state index contributed by atoms with van der Waals surface area (Å²) in [6.07, 6.45) is 1.93. The third-order valence-electron chi connectivity index (χ3n) is 2.37. The Labute approximate surface area is 109 Å². The third kappa shape index (κ3) is 2.48. The number of nitrogen functional groups attached to an aromatic ring is 1. The molecule has 2 aromatic rings. The second-order valence-corrected chi connectivity index (χ2v) is 4.59. The first-order valence-corrected chi connectivity index (χ1v) is 6.55. The van der Waals surface area contributed by atoms with Crippen LogP contribution in [0, 0.1) is 12.3 Å². The predicted molar refractivity (Wildman–Crippen MR) is 72.6 cm³/mol. The molecule has 1 aromatic carbocycles. The van der Waals surface area contributed by atoms with Gasteiger partial charge in [0.1, 0.15) is 11.6 Å². The summed E-state index contributed by atoms with van der Waals surface area (Å²) < 4.78 is 5.66. The monoisotopic (exact) mass is 262 g/mol. The van der Waals surface area contributed by atoms with Crippen LogP contribution in [0.2, 0.25) is 0 Å². The lowest BCUT2D eigenvalue weighted by atomic mass is 10.2. The van der Waals surface area contributed by atoms with Crippen molar-refractivity contribution in [1.29, 1.82) is 5.41 Å². The van der Waals surface area contributed by atoms with Gasteiger partial charge >= 0.3 is 0 Å². The van der Waals surface area contributed by atoms with Crippen molar-refractivity contribution in [3.8, 4) is 11.6 Å². The molecular formula is C12H14N4OS. The minimum atomic E-state index is -0.0118. The van der Waals surface area contributed by atoms with Gasteiger partial charge < -0.3 is 10.5 Å². The Kier molecular flexibility index (Phi) is 3.57. The van der Waals surface area contributed by atoms with Crippen molar-refractivity contribution in [3.05, 3.63) is 35.5 Å². The Morgan fingerprint density at radius 3 is 2.83 bits per heavy atom. The Bertz CT molecular complexity index is 579. The summed E-state index contributed by atoms with van der Waals surface area (Å²) in [7, 11) is 0. The Balaban J connectivity index is 2.41. The average molecular weight is 262 g/mol. The highest BCUT2D eigenvalue weighted by atomic mass is 32.2. The van der Waals surface area contributed by atoms with Crippen molar-refractivity contribution < 1.29 is 4.74 Å². The summed E-state index contributed by atoms with van der Waals surface area (Å²) in [6, 6.07) is 7.34. The van der Waals surface area contributed by atoms with E-state index in [1.165, 1.54) is 11.8 Å². The van der Waals surface area contributed by atoms with Gasteiger partial charge in [-0.25, -0.2) is 0 Å². The highest BCUT2D eigenvalue weighted by molar-refractivity contribution is 7.98. The Hall–Kier alpha value is -1.95. The molecule has 18 heavy (non-hydrogen) atoms. The summed E-state index contributed by atoms with van der Waals surface area (Å²) in [4.78, 5) is 0.909. The molecule has 0 atom stereocenters. The van der Waals surface area contributed by atoms with Gasteiger partial charge in [0.2, 0.25) is 5.88 Å². The van der Waals surface area contributed by atoms with E-state index in [1.54, 1.807) is 12.1 Å². The van der Waals surface area contributed by atoms with E-state index in [0.29, 0.717) is 17.2 Å². The lowest BCUT2D eigenvalue weighted by molar-refractivity contribution is 0.459. The van der Waals surface area contributed by atoms with E-state index < -0.39 is 0 Å². The van der Waals surface area contributed by atoms with Crippen molar-refractivity contribution in [1.82, 2.24) is 10.2 Å². The highest BCUT2D eigenvalue weighted by Gasteiger charge is 2.13. The number of amidine groups is 1. The molecule has 0 bridgehead atoms. The van der Waals surface area contributed by atoms with Gasteiger partial charge in [-0.05, 0) is 25.3 Å². The molecule has 0 radical (unpaired) electrons. The number of aromatic nitrogens is 2. The van der Waals surface area contributed by atoms with Gasteiger partial charge in [0.05, 0.1) is 5.56 Å². The summed E-state index contributed by atoms with van der Waals surface area (Å²) in [5.74, 6) is 0.997. The van der Waals surface area contributed by atoms with E-state index in [4.69, 9.17) is 15.9 Å². The molecule has 0 aliphatic carbocycles. The smallest absolute Gasteiger partial charge is 0.238 e. The lowest BCUT2D eigenvalue weighted by Crippen LogP contribution is -2.13. The number of nitrogens with two attached hydrogens (primary N) is 1. The molecule has 4 N–H and O–H groups in total. The minimum Gasteiger partial charge on any atom is -0.437 e. The van der Waals surface area contributed by atoms with E-state index in [-0.39, 0.29) is 5.84 Å². The Morgan fingerprint density at radius 2 is 2.28 bits per heavy atom. The number of aromatic amines is 1. The van der Waals surface area contributed by atoms with Crippen molar-refractivity contribution >= 4 is 17.6 Å². The third-order valence-corrected chi connectivity index (χ3v) is 3.15. The largest absolute Gasteiger partial charge is 0.437 e. The maximum absolute atomic E-state index is 7.65. The van der Waals surface area contributed by atoms with Gasteiger partial charge in [-0.3, -0.25) is 10.5 Å². The van der Waals surface area contributed by atoms with Crippen LogP contribution < -0.4 is 10.5 Å². The highest BCUT2D eigenvalue weighted by Crippen LogP contribution is 2.31. The van der Waals surface area contributed by atoms with Crippen LogP contribution in [0.5, 0.6) is 11.6 Å². The topological polar surface area (TPSA) is 87.8 Å². The standard InChI is InChI=1S/C12H14N4OS/c1-7-6-10(16-15-7)17-8-4-3-5-9(18-2)11(8)12(13)14/h3-6H,1-2H3,(H3,13,14)(H,15,16). The fraction of sp³-hybridized carbons (Fsp3) is 0.167. The molecule has 0 saturated carbocycles. The number of hydrogen-bond acceptors (Lipinski definition) is 4. The van der Waals surface area contributed by atoms with Crippen LogP contribution in [0.15, 0.2) is 29.2 Å². The molecule has 0 fully saturated rings. The number of benzene rings is 1. The van der Waals surface area contributed by atoms with E-state index >= 15 is 0 Å². The number of H-pyrrole nitrogens is 1. The quantitative estimate of drug-likeness (QED) is 0.449. The molecule has 1 heterocycles. The molecule has 0 saturated heterocycles. The molecule has 94 valence electrons. The zero-order valence-corrected chi connectivity index (χ0v) is 11.0. The number of aryl methyl sites for hydroxylation is 1. The minimum absolute atomic E-state index is 0.0118. The van der Waals surface area contributed by atoms with Gasteiger partial charge in [0.15, 0.2) is 0 Å². The van der Waals surface area contributed by atoms with E-state index in [1.807, 2.05) is 25.3 Å². The number of hydrogen-bond donors (Lipinski definition) is 3. The molecular weight excluding hydrogens is 248 g/mol. The SMILES string of the molecule is CSc1cccc(Oc2cc(C)[nH]n2)c1C(=N)N. The molecule has 0 spiro atoms. The first-order chi connectivity index (χ1) is 8.61. The lowest BCUT2D eigenvalue weighted by Gasteiger charge is -2.11. The number of ether oxygens (including phenoxy) is 1. The number of nitrogens with zero attached hydrogens (tertiary/aromatic N) is 1. The summed E-state index contributed by atoms with van der Waals surface area (Å²) >= 11 is 1.52. The number of rotatable bonds is 4. The molecule has 6 heteroatoms. The van der Waals surface area contributed by atoms with E-state index in [9.17, 15) is 0 Å². The Morgan fingerprint density at radius 1 is 1.50 bits per heavy atom. The van der Waals surface area contributed by atoms with Crippen molar-refractivity contribution in [2.45, 2.75) is 11.8 Å². The molecule has 0 aliphatic heterocycles. The first-order valence-electron chi connectivity index (χ1n) is 5.33. The average Bonchev–Trinajstić information content (AvgIpc) is 2.74. The van der Waals surface area contributed by atoms with Gasteiger partial charge in [-0.2, -0.15) is 0 Å². The summed E-state index contributed by atoms with van der Waals surface area (Å²) in [6.45, 7) is 1.89. The van der Waals surface area contributed by atoms with Crippen LogP contribution in [0.4, 0.5) is 0 Å². The van der Waals surface area contributed by atoms with Crippen LogP contribution in [0.1, 0.15) is 11.3 Å². The van der Waals surface area contributed by atoms with Crippen LogP contribution in [0.3, 0.4) is 0 Å². The molecule has 0 aliphatic rings. The zero-order valence-electron chi connectivity index (χ0n) is 10.2. The van der Waals surface area contributed by atoms with Crippen molar-refractivity contribution in [2.24, 2.45) is 5.73 Å². The van der Waals surface area contributed by atoms with Gasteiger partial charge in [-0.1, -0.05) is 6.07 Å². The van der Waals surface area contributed by atoms with E-state index in [2.05, 4.69) is 10.2 Å². The number of thioether (sulfide) groups is 1. The summed E-state index contributed by atoms with van der Waals surface area (Å²) in [5, 5.41) is 14.5. The first kappa shape index (κ1) is 12.5. The normalized spacial score (nSPS) is 10.3. The molecule has 0 amide bonds. The molecule has 5 nitrogen and oxygen atoms in total. The van der Waals surface area contributed by atoms with Crippen molar-refractivity contribution in [2.75, 3.05) is 6.26 Å². The number of nitrogens with one attached hydrogen (secondary N) is 2. The van der Waals surface area contributed by atoms with Crippen LogP contribution in [-0.2, 0) is 0 Å². The van der Waals surface area contributed by atoms with Gasteiger partial charge in [0, 0.05) is 16.7 Å². The van der Waals surface area contributed by atoms with Gasteiger partial charge in [0.25, 0.3) is 0 Å². The fourth-order valence-corrected chi connectivity index (χ4v) is 2.22. The summed E-state index contributed by atoms with van der Waals surface area (Å²) in [5.41, 5.74) is 7.13. The van der Waals surface area contributed by atoms with Crippen LogP contribution in [-0.4, -0.2) is 22.3 Å². The maximum atomic E-state index is 7.65. The second-order valence-electron chi connectivity index (χ2n) is 3.74. The predicted octanol–water partition coefficient (Wildman–Crippen LogP) is 2.52. The molecule has 0 unspecified atom stereocenters. The second kappa shape index (κ2) is 5.14. The molecule has 1 aromatic heterocycles. The van der Waals surface area contributed by atoms with Crippen molar-refractivity contribution in [3.63, 3.8) is 0 Å². The van der Waals surface area contributed by atoms with E-state index in [0.717, 1.165) is 10.6 Å². The van der Waals surface area contributed by atoms with Crippen LogP contribution in [0.25, 0.3) is 0 Å². The fourth-order valence-electron chi connectivity index (χ4n) is 1.59.